The van der Waals surface area contributed by atoms with Crippen LogP contribution in [0, 0.1) is 0 Å². The second-order valence-electron chi connectivity index (χ2n) is 23.9. The number of benzene rings is 13. The fraction of sp³-hybridized carbons (Fsp3) is 0.0750. The Morgan fingerprint density at radius 3 is 0.940 bits per heavy atom. The molecule has 2 heterocycles. The second-order valence-corrected chi connectivity index (χ2v) is 23.9. The van der Waals surface area contributed by atoms with Crippen LogP contribution in [0.2, 0.25) is 0 Å². The van der Waals surface area contributed by atoms with Gasteiger partial charge in [0.25, 0.3) is 0 Å². The summed E-state index contributed by atoms with van der Waals surface area (Å²) >= 11 is 0. The Kier molecular flexibility index (Phi) is 10.4. The first-order valence-corrected chi connectivity index (χ1v) is 29.2. The number of anilines is 6. The third kappa shape index (κ3) is 7.01. The lowest BCUT2D eigenvalue weighted by Gasteiger charge is -2.34. The molecule has 2 aliphatic heterocycles. The van der Waals surface area contributed by atoms with Gasteiger partial charge >= 0.3 is 0 Å². The first kappa shape index (κ1) is 48.3. The van der Waals surface area contributed by atoms with Crippen molar-refractivity contribution >= 4 is 55.7 Å². The van der Waals surface area contributed by atoms with E-state index in [1.807, 2.05) is 0 Å². The van der Waals surface area contributed by atoms with E-state index in [4.69, 9.17) is 9.47 Å². The van der Waals surface area contributed by atoms with Crippen molar-refractivity contribution < 1.29 is 9.47 Å². The molecule has 4 aliphatic rings. The van der Waals surface area contributed by atoms with Crippen molar-refractivity contribution in [2.75, 3.05) is 9.80 Å². The van der Waals surface area contributed by atoms with Crippen LogP contribution in [-0.2, 0) is 10.8 Å². The lowest BCUT2D eigenvalue weighted by Crippen LogP contribution is -2.16. The lowest BCUT2D eigenvalue weighted by atomic mass is 9.79. The normalized spacial score (nSPS) is 14.3. The predicted octanol–water partition coefficient (Wildman–Crippen LogP) is 22.4. The van der Waals surface area contributed by atoms with Crippen molar-refractivity contribution in [3.05, 3.63) is 289 Å². The molecule has 13 aromatic carbocycles. The molecule has 0 saturated heterocycles. The number of ether oxygens (including phenoxy) is 2. The van der Waals surface area contributed by atoms with Crippen LogP contribution in [-0.4, -0.2) is 0 Å². The summed E-state index contributed by atoms with van der Waals surface area (Å²) in [5, 5.41) is 4.59. The molecule has 13 aromatic rings. The molecule has 398 valence electrons. The molecule has 84 heavy (non-hydrogen) atoms. The summed E-state index contributed by atoms with van der Waals surface area (Å²) in [7, 11) is 0. The van der Waals surface area contributed by atoms with Gasteiger partial charge in [0, 0.05) is 22.2 Å². The van der Waals surface area contributed by atoms with Crippen LogP contribution in [0.5, 0.6) is 23.0 Å². The van der Waals surface area contributed by atoms with Gasteiger partial charge in [0.2, 0.25) is 0 Å². The molecule has 0 spiro atoms. The van der Waals surface area contributed by atoms with Gasteiger partial charge in [-0.1, -0.05) is 210 Å². The van der Waals surface area contributed by atoms with Crippen LogP contribution in [0.15, 0.2) is 267 Å². The summed E-state index contributed by atoms with van der Waals surface area (Å²) in [5.41, 5.74) is 25.8. The van der Waals surface area contributed by atoms with E-state index in [0.29, 0.717) is 0 Å². The van der Waals surface area contributed by atoms with E-state index in [1.165, 1.54) is 77.9 Å². The van der Waals surface area contributed by atoms with Crippen LogP contribution < -0.4 is 19.3 Å². The van der Waals surface area contributed by atoms with Crippen molar-refractivity contribution in [3.8, 4) is 89.8 Å². The summed E-state index contributed by atoms with van der Waals surface area (Å²) in [6.45, 7) is 9.50. The van der Waals surface area contributed by atoms with E-state index < -0.39 is 0 Å². The summed E-state index contributed by atoms with van der Waals surface area (Å²) in [4.78, 5) is 4.75. The highest BCUT2D eigenvalue weighted by Crippen LogP contribution is 2.58. The van der Waals surface area contributed by atoms with E-state index in [0.717, 1.165) is 89.8 Å². The van der Waals surface area contributed by atoms with Crippen LogP contribution in [0.4, 0.5) is 34.1 Å². The van der Waals surface area contributed by atoms with Crippen molar-refractivity contribution in [1.29, 1.82) is 0 Å². The van der Waals surface area contributed by atoms with Crippen LogP contribution in [0.3, 0.4) is 0 Å². The molecule has 2 aliphatic carbocycles. The monoisotopic (exact) mass is 1080 g/mol. The van der Waals surface area contributed by atoms with Gasteiger partial charge in [-0.15, -0.1) is 0 Å². The molecule has 4 nitrogen and oxygen atoms in total. The number of fused-ring (bicyclic) bond motifs is 12. The van der Waals surface area contributed by atoms with Gasteiger partial charge in [0.15, 0.2) is 23.0 Å². The van der Waals surface area contributed by atoms with E-state index >= 15 is 0 Å². The Labute approximate surface area is 489 Å². The molecular formula is C80H56N2O2. The molecule has 0 atom stereocenters. The number of hydrogen-bond donors (Lipinski definition) is 0. The highest BCUT2D eigenvalue weighted by atomic mass is 16.5. The van der Waals surface area contributed by atoms with E-state index in [9.17, 15) is 0 Å². The Morgan fingerprint density at radius 1 is 0.250 bits per heavy atom. The van der Waals surface area contributed by atoms with Crippen molar-refractivity contribution in [2.24, 2.45) is 0 Å². The number of para-hydroxylation sites is 8. The first-order valence-electron chi connectivity index (χ1n) is 29.2. The predicted molar refractivity (Wildman–Crippen MR) is 348 cm³/mol. The van der Waals surface area contributed by atoms with Gasteiger partial charge in [-0.3, -0.25) is 0 Å². The van der Waals surface area contributed by atoms with Crippen molar-refractivity contribution in [2.45, 2.75) is 38.5 Å². The third-order valence-electron chi connectivity index (χ3n) is 18.6. The smallest absolute Gasteiger partial charge is 0.151 e. The first-order chi connectivity index (χ1) is 41.2. The maximum Gasteiger partial charge on any atom is 0.151 e. The van der Waals surface area contributed by atoms with Crippen LogP contribution in [0.25, 0.3) is 88.3 Å². The largest absolute Gasteiger partial charge is 0.453 e. The minimum Gasteiger partial charge on any atom is -0.453 e. The number of hydrogen-bond acceptors (Lipinski definition) is 4. The Morgan fingerprint density at radius 2 is 0.560 bits per heavy atom. The quantitative estimate of drug-likeness (QED) is 0.155. The minimum atomic E-state index is -0.170. The van der Waals surface area contributed by atoms with Gasteiger partial charge in [-0.25, -0.2) is 0 Å². The molecule has 0 radical (unpaired) electrons. The molecular weight excluding hydrogens is 1020 g/mol. The fourth-order valence-electron chi connectivity index (χ4n) is 14.7. The third-order valence-corrected chi connectivity index (χ3v) is 18.6. The second kappa shape index (κ2) is 18.0. The standard InChI is InChI=1S/C80H56N2O2/c1-79(2)65-27-11-9-23-55(65)57-41-37-49(45-67(57)79)53-21-5-7-25-59(53)77-61-43-39-52(82-71-31-15-19-35-75(71)84-76-36-20-16-32-72(76)82)48-64(61)78(60-26-8-6-22-54(60)50-38-42-58-56-24-10-12-28-66(56)80(3,4)68(58)46-50)62-44-40-51(47-63(62)77)81-69-29-13-17-33-73(69)83-74-34-18-14-30-70(74)81/h5-48H,1-4H3. The highest BCUT2D eigenvalue weighted by Gasteiger charge is 2.38. The minimum absolute atomic E-state index is 0.170. The summed E-state index contributed by atoms with van der Waals surface area (Å²) in [6.07, 6.45) is 0. The van der Waals surface area contributed by atoms with Crippen LogP contribution >= 0.6 is 0 Å². The van der Waals surface area contributed by atoms with Gasteiger partial charge < -0.3 is 19.3 Å². The van der Waals surface area contributed by atoms with Gasteiger partial charge in [0.05, 0.1) is 22.7 Å². The Bertz CT molecular complexity index is 4550. The SMILES string of the molecule is CC1(C)c2ccccc2-c2ccc(-c3ccccc3-c3c4ccc(N5c6ccccc6Oc6ccccc65)cc4c(-c4ccccc4-c4ccc5c(c4)C(C)(C)c4ccccc4-5)c4ccc(N5c6ccccc6Oc6ccccc65)cc34)cc21. The lowest BCUT2D eigenvalue weighted by molar-refractivity contribution is 0.477. The summed E-state index contributed by atoms with van der Waals surface area (Å²) in [5.74, 6) is 3.26. The van der Waals surface area contributed by atoms with E-state index in [-0.39, 0.29) is 10.8 Å². The van der Waals surface area contributed by atoms with E-state index in [2.05, 4.69) is 304 Å². The summed E-state index contributed by atoms with van der Waals surface area (Å²) in [6, 6.07) is 98.3. The summed E-state index contributed by atoms with van der Waals surface area (Å²) < 4.78 is 13.3. The molecule has 0 bridgehead atoms. The van der Waals surface area contributed by atoms with Gasteiger partial charge in [-0.05, 0) is 195 Å². The van der Waals surface area contributed by atoms with Crippen molar-refractivity contribution in [3.63, 3.8) is 0 Å². The maximum atomic E-state index is 6.64. The molecule has 0 N–H and O–H groups in total. The average molecular weight is 1080 g/mol. The molecule has 4 heteroatoms. The van der Waals surface area contributed by atoms with Gasteiger partial charge in [-0.2, -0.15) is 0 Å². The zero-order chi connectivity index (χ0) is 56.0. The Balaban J connectivity index is 0.981. The molecule has 17 rings (SSSR count). The molecule has 0 unspecified atom stereocenters. The fourth-order valence-corrected chi connectivity index (χ4v) is 14.7. The zero-order valence-corrected chi connectivity index (χ0v) is 47.1. The van der Waals surface area contributed by atoms with Crippen LogP contribution in [0.1, 0.15) is 49.9 Å². The molecule has 0 aromatic heterocycles. The molecule has 0 fully saturated rings. The van der Waals surface area contributed by atoms with Crippen molar-refractivity contribution in [1.82, 2.24) is 0 Å². The highest BCUT2D eigenvalue weighted by molar-refractivity contribution is 6.25. The van der Waals surface area contributed by atoms with Gasteiger partial charge in [0.1, 0.15) is 0 Å². The zero-order valence-electron chi connectivity index (χ0n) is 47.1. The Hall–Kier alpha value is -10.4. The molecule has 0 saturated carbocycles. The number of rotatable bonds is 6. The average Bonchev–Trinajstić information content (AvgIpc) is 3.15. The van der Waals surface area contributed by atoms with E-state index in [1.54, 1.807) is 0 Å². The number of nitrogens with zero attached hydrogens (tertiary/aromatic N) is 2. The molecule has 0 amide bonds. The topological polar surface area (TPSA) is 24.9 Å². The maximum absolute atomic E-state index is 6.64.